The number of hydrogen-bond donors (Lipinski definition) is 0. The van der Waals surface area contributed by atoms with Gasteiger partial charge in [-0.05, 0) is 49.0 Å². The lowest BCUT2D eigenvalue weighted by molar-refractivity contribution is -0.137. The fraction of sp³-hybridized carbons (Fsp3) is 0.125. The number of thioether (sulfide) groups is 1. The summed E-state index contributed by atoms with van der Waals surface area (Å²) in [4.78, 5) is 25.3. The Hall–Kier alpha value is -2.19. The van der Waals surface area contributed by atoms with Crippen molar-refractivity contribution in [2.45, 2.75) is 13.1 Å². The molecule has 0 aliphatic carbocycles. The number of aryl methyl sites for hydroxylation is 1. The molecule has 0 spiro atoms. The van der Waals surface area contributed by atoms with E-state index in [1.54, 1.807) is 19.1 Å². The smallest absolute Gasteiger partial charge is 0.417 e. The maximum absolute atomic E-state index is 13.0. The van der Waals surface area contributed by atoms with Gasteiger partial charge in [-0.1, -0.05) is 11.6 Å². The fourth-order valence-electron chi connectivity index (χ4n) is 2.22. The maximum Gasteiger partial charge on any atom is 0.417 e. The lowest BCUT2D eigenvalue weighted by atomic mass is 10.1. The minimum atomic E-state index is -4.70. The van der Waals surface area contributed by atoms with Crippen LogP contribution in [0.15, 0.2) is 39.7 Å². The molecule has 9 heteroatoms. The molecule has 25 heavy (non-hydrogen) atoms. The molecule has 2 heterocycles. The van der Waals surface area contributed by atoms with Gasteiger partial charge in [-0.3, -0.25) is 9.59 Å². The maximum atomic E-state index is 13.0. The van der Waals surface area contributed by atoms with Crippen molar-refractivity contribution >= 4 is 46.3 Å². The first kappa shape index (κ1) is 17.6. The summed E-state index contributed by atoms with van der Waals surface area (Å²) in [5.74, 6) is 0.271. The van der Waals surface area contributed by atoms with Gasteiger partial charge in [0, 0.05) is 6.08 Å². The predicted octanol–water partition coefficient (Wildman–Crippen LogP) is 5.50. The van der Waals surface area contributed by atoms with E-state index in [0.717, 1.165) is 6.07 Å². The van der Waals surface area contributed by atoms with Crippen molar-refractivity contribution in [3.63, 3.8) is 0 Å². The Morgan fingerprint density at radius 2 is 1.92 bits per heavy atom. The van der Waals surface area contributed by atoms with Gasteiger partial charge in [-0.15, -0.1) is 0 Å². The van der Waals surface area contributed by atoms with E-state index in [-0.39, 0.29) is 10.6 Å². The Kier molecular flexibility index (Phi) is 4.42. The standard InChI is InChI=1S/C16H9ClF3NO3S/c1-8-2-4-10(24-8)7-13-14(22)21(15(23)25-13)9-3-5-12(17)11(6-9)16(18,19)20/h2-7H,1H3/b13-7+. The summed E-state index contributed by atoms with van der Waals surface area (Å²) in [7, 11) is 0. The largest absolute Gasteiger partial charge is 0.462 e. The number of nitrogens with zero attached hydrogens (tertiary/aromatic N) is 1. The van der Waals surface area contributed by atoms with Crippen molar-refractivity contribution in [1.82, 2.24) is 0 Å². The van der Waals surface area contributed by atoms with Crippen LogP contribution in [0.2, 0.25) is 5.02 Å². The molecule has 0 N–H and O–H groups in total. The van der Waals surface area contributed by atoms with E-state index in [9.17, 15) is 22.8 Å². The van der Waals surface area contributed by atoms with Gasteiger partial charge in [0.2, 0.25) is 0 Å². The van der Waals surface area contributed by atoms with Crippen molar-refractivity contribution in [3.05, 3.63) is 57.3 Å². The van der Waals surface area contributed by atoms with Crippen molar-refractivity contribution in [2.75, 3.05) is 4.90 Å². The first-order valence-corrected chi connectivity index (χ1v) is 8.07. The van der Waals surface area contributed by atoms with Crippen molar-refractivity contribution in [1.29, 1.82) is 0 Å². The van der Waals surface area contributed by atoms with Crippen LogP contribution in [0, 0.1) is 6.92 Å². The Morgan fingerprint density at radius 3 is 2.52 bits per heavy atom. The van der Waals surface area contributed by atoms with E-state index < -0.39 is 27.9 Å². The molecule has 0 radical (unpaired) electrons. The van der Waals surface area contributed by atoms with Crippen LogP contribution in [-0.4, -0.2) is 11.1 Å². The lowest BCUT2D eigenvalue weighted by Gasteiger charge is -2.16. The number of furan rings is 1. The molecule has 1 aromatic carbocycles. The van der Waals surface area contributed by atoms with Gasteiger partial charge in [-0.2, -0.15) is 13.2 Å². The Bertz CT molecular complexity index is 904. The quantitative estimate of drug-likeness (QED) is 0.638. The number of alkyl halides is 3. The van der Waals surface area contributed by atoms with Crippen molar-refractivity contribution in [3.8, 4) is 0 Å². The van der Waals surface area contributed by atoms with Crippen LogP contribution in [0.25, 0.3) is 6.08 Å². The summed E-state index contributed by atoms with van der Waals surface area (Å²) in [5.41, 5.74) is -1.31. The fourth-order valence-corrected chi connectivity index (χ4v) is 3.27. The highest BCUT2D eigenvalue weighted by atomic mass is 35.5. The second kappa shape index (κ2) is 6.27. The molecule has 0 bridgehead atoms. The van der Waals surface area contributed by atoms with Crippen LogP contribution in [0.5, 0.6) is 0 Å². The van der Waals surface area contributed by atoms with Crippen LogP contribution in [0.3, 0.4) is 0 Å². The summed E-state index contributed by atoms with van der Waals surface area (Å²) in [5, 5.41) is -1.21. The second-order valence-corrected chi connectivity index (χ2v) is 6.53. The Balaban J connectivity index is 1.97. The molecule has 4 nitrogen and oxygen atoms in total. The first-order valence-electron chi connectivity index (χ1n) is 6.88. The van der Waals surface area contributed by atoms with E-state index in [1.165, 1.54) is 12.1 Å². The molecule has 1 aliphatic rings. The zero-order chi connectivity index (χ0) is 18.4. The number of hydrogen-bond acceptors (Lipinski definition) is 4. The summed E-state index contributed by atoms with van der Waals surface area (Å²) >= 11 is 6.18. The van der Waals surface area contributed by atoms with E-state index in [4.69, 9.17) is 16.0 Å². The zero-order valence-electron chi connectivity index (χ0n) is 12.6. The topological polar surface area (TPSA) is 50.5 Å². The van der Waals surface area contributed by atoms with Crippen LogP contribution in [0.1, 0.15) is 17.1 Å². The van der Waals surface area contributed by atoms with Gasteiger partial charge in [0.25, 0.3) is 11.1 Å². The minimum Gasteiger partial charge on any atom is -0.462 e. The molecular formula is C16H9ClF3NO3S. The van der Waals surface area contributed by atoms with Crippen LogP contribution >= 0.6 is 23.4 Å². The molecule has 0 saturated carbocycles. The number of imide groups is 1. The third-order valence-corrected chi connectivity index (χ3v) is 4.54. The molecule has 130 valence electrons. The van der Waals surface area contributed by atoms with Gasteiger partial charge in [-0.25, -0.2) is 4.90 Å². The number of anilines is 1. The number of rotatable bonds is 2. The van der Waals surface area contributed by atoms with Gasteiger partial charge in [0.1, 0.15) is 11.5 Å². The molecular weight excluding hydrogens is 379 g/mol. The summed E-state index contributed by atoms with van der Waals surface area (Å²) in [6.45, 7) is 1.72. The Morgan fingerprint density at radius 1 is 1.20 bits per heavy atom. The summed E-state index contributed by atoms with van der Waals surface area (Å²) < 4.78 is 44.2. The monoisotopic (exact) mass is 387 g/mol. The van der Waals surface area contributed by atoms with Crippen LogP contribution in [0.4, 0.5) is 23.7 Å². The molecule has 1 aromatic heterocycles. The summed E-state index contributed by atoms with van der Waals surface area (Å²) in [6.07, 6.45) is -3.32. The van der Waals surface area contributed by atoms with E-state index in [0.29, 0.717) is 34.2 Å². The third kappa shape index (κ3) is 3.45. The lowest BCUT2D eigenvalue weighted by Crippen LogP contribution is -2.28. The highest BCUT2D eigenvalue weighted by Crippen LogP contribution is 2.40. The minimum absolute atomic E-state index is 0.0582. The third-order valence-electron chi connectivity index (χ3n) is 3.34. The Labute approximate surface area is 149 Å². The predicted molar refractivity (Wildman–Crippen MR) is 88.3 cm³/mol. The van der Waals surface area contributed by atoms with Gasteiger partial charge < -0.3 is 4.42 Å². The molecule has 2 amide bonds. The molecule has 0 unspecified atom stereocenters. The molecule has 1 aliphatic heterocycles. The van der Waals surface area contributed by atoms with E-state index in [1.807, 2.05) is 0 Å². The molecule has 0 atom stereocenters. The van der Waals surface area contributed by atoms with Crippen molar-refractivity contribution < 1.29 is 27.2 Å². The van der Waals surface area contributed by atoms with Gasteiger partial charge in [0.05, 0.1) is 21.2 Å². The molecule has 3 rings (SSSR count). The average Bonchev–Trinajstić information content (AvgIpc) is 3.03. The number of benzene rings is 1. The highest BCUT2D eigenvalue weighted by molar-refractivity contribution is 8.19. The number of amides is 2. The average molecular weight is 388 g/mol. The molecule has 1 saturated heterocycles. The number of carbonyl (C=O) groups is 2. The second-order valence-electron chi connectivity index (χ2n) is 5.13. The van der Waals surface area contributed by atoms with Crippen LogP contribution < -0.4 is 4.90 Å². The normalized spacial score (nSPS) is 17.0. The highest BCUT2D eigenvalue weighted by Gasteiger charge is 2.39. The number of carbonyl (C=O) groups excluding carboxylic acids is 2. The zero-order valence-corrected chi connectivity index (χ0v) is 14.1. The van der Waals surface area contributed by atoms with Crippen molar-refractivity contribution in [2.24, 2.45) is 0 Å². The van der Waals surface area contributed by atoms with Crippen LogP contribution in [-0.2, 0) is 11.0 Å². The van der Waals surface area contributed by atoms with Gasteiger partial charge >= 0.3 is 6.18 Å². The van der Waals surface area contributed by atoms with Gasteiger partial charge in [0.15, 0.2) is 0 Å². The SMILES string of the molecule is Cc1ccc(/C=C2/SC(=O)N(c3ccc(Cl)c(C(F)(F)F)c3)C2=O)o1. The first-order chi connectivity index (χ1) is 11.7. The molecule has 2 aromatic rings. The summed E-state index contributed by atoms with van der Waals surface area (Å²) in [6, 6.07) is 6.17. The van der Waals surface area contributed by atoms with E-state index >= 15 is 0 Å². The number of halogens is 4. The molecule has 1 fully saturated rings. The van der Waals surface area contributed by atoms with E-state index in [2.05, 4.69) is 0 Å².